The number of hydrogen-bond donors (Lipinski definition) is 1. The number of carboxylic acid groups (broad SMARTS) is 1. The number of amides is 2. The van der Waals surface area contributed by atoms with E-state index in [0.717, 1.165) is 19.4 Å². The van der Waals surface area contributed by atoms with Crippen molar-refractivity contribution in [2.24, 2.45) is 0 Å². The fourth-order valence-corrected chi connectivity index (χ4v) is 2.94. The van der Waals surface area contributed by atoms with Gasteiger partial charge in [-0.05, 0) is 12.8 Å². The normalized spacial score (nSPS) is 24.7. The highest BCUT2D eigenvalue weighted by atomic mass is 16.5. The van der Waals surface area contributed by atoms with Crippen LogP contribution in [0.1, 0.15) is 19.8 Å². The summed E-state index contributed by atoms with van der Waals surface area (Å²) in [5, 5.41) is 8.86. The number of carboxylic acids is 1. The number of nitrogens with zero attached hydrogens (tertiary/aromatic N) is 3. The Kier molecular flexibility index (Phi) is 5.81. The molecule has 0 aromatic heterocycles. The zero-order chi connectivity index (χ0) is 15.2. The van der Waals surface area contributed by atoms with E-state index in [1.54, 1.807) is 0 Å². The number of aliphatic carboxylic acids is 1. The topological polar surface area (TPSA) is 73.3 Å². The zero-order valence-corrected chi connectivity index (χ0v) is 12.7. The van der Waals surface area contributed by atoms with E-state index < -0.39 is 5.97 Å². The molecule has 1 N–H and O–H groups in total. The van der Waals surface area contributed by atoms with Gasteiger partial charge in [0.05, 0.1) is 25.8 Å². The molecule has 2 rings (SSSR count). The molecule has 0 saturated carbocycles. The first-order chi connectivity index (χ1) is 10.1. The van der Waals surface area contributed by atoms with E-state index in [-0.39, 0.29) is 18.6 Å². The Hall–Kier alpha value is -1.34. The van der Waals surface area contributed by atoms with Crippen molar-refractivity contribution in [3.05, 3.63) is 0 Å². The van der Waals surface area contributed by atoms with Crippen molar-refractivity contribution in [3.8, 4) is 0 Å². The zero-order valence-electron chi connectivity index (χ0n) is 12.7. The van der Waals surface area contributed by atoms with Crippen LogP contribution in [-0.4, -0.2) is 90.3 Å². The second kappa shape index (κ2) is 7.61. The minimum atomic E-state index is -0.811. The van der Waals surface area contributed by atoms with E-state index >= 15 is 0 Å². The van der Waals surface area contributed by atoms with Gasteiger partial charge in [0.1, 0.15) is 0 Å². The molecule has 0 aromatic rings. The van der Waals surface area contributed by atoms with Crippen molar-refractivity contribution < 1.29 is 19.4 Å². The molecule has 1 atom stereocenters. The summed E-state index contributed by atoms with van der Waals surface area (Å²) in [7, 11) is 0. The second-order valence-electron chi connectivity index (χ2n) is 5.62. The van der Waals surface area contributed by atoms with Gasteiger partial charge in [-0.1, -0.05) is 6.92 Å². The van der Waals surface area contributed by atoms with Crippen molar-refractivity contribution in [3.63, 3.8) is 0 Å². The van der Waals surface area contributed by atoms with E-state index in [1.165, 1.54) is 0 Å². The average Bonchev–Trinajstić information content (AvgIpc) is 2.71. The van der Waals surface area contributed by atoms with Gasteiger partial charge in [-0.25, -0.2) is 4.79 Å². The predicted octanol–water partition coefficient (Wildman–Crippen LogP) is 0.310. The quantitative estimate of drug-likeness (QED) is 0.812. The number of morpholine rings is 1. The number of carbonyl (C=O) groups is 2. The molecule has 2 fully saturated rings. The molecule has 1 unspecified atom stereocenters. The number of carbonyl (C=O) groups excluding carboxylic acids is 1. The summed E-state index contributed by atoms with van der Waals surface area (Å²) in [6.07, 6.45) is 1.71. The Bertz CT molecular complexity index is 377. The highest BCUT2D eigenvalue weighted by molar-refractivity contribution is 5.75. The molecule has 0 radical (unpaired) electrons. The molecular formula is C14H25N3O4. The van der Waals surface area contributed by atoms with Crippen LogP contribution in [0, 0.1) is 0 Å². The van der Waals surface area contributed by atoms with E-state index in [4.69, 9.17) is 9.84 Å². The van der Waals surface area contributed by atoms with Crippen LogP contribution in [-0.2, 0) is 9.53 Å². The van der Waals surface area contributed by atoms with Crippen molar-refractivity contribution in [1.82, 2.24) is 14.7 Å². The molecule has 2 aliphatic rings. The smallest absolute Gasteiger partial charge is 0.320 e. The Morgan fingerprint density at radius 3 is 2.71 bits per heavy atom. The largest absolute Gasteiger partial charge is 0.480 e. The Morgan fingerprint density at radius 1 is 1.19 bits per heavy atom. The van der Waals surface area contributed by atoms with Crippen LogP contribution in [0.4, 0.5) is 4.79 Å². The van der Waals surface area contributed by atoms with Gasteiger partial charge < -0.3 is 19.6 Å². The maximum Gasteiger partial charge on any atom is 0.320 e. The van der Waals surface area contributed by atoms with Gasteiger partial charge >= 0.3 is 12.0 Å². The second-order valence-corrected chi connectivity index (χ2v) is 5.62. The molecule has 2 aliphatic heterocycles. The third-order valence-electron chi connectivity index (χ3n) is 4.16. The SMILES string of the molecule is CCC1COCCN1C(=O)N1CCCN(CC(=O)O)CC1. The molecular weight excluding hydrogens is 274 g/mol. The summed E-state index contributed by atoms with van der Waals surface area (Å²) in [5.41, 5.74) is 0. The Balaban J connectivity index is 1.91. The van der Waals surface area contributed by atoms with Crippen molar-refractivity contribution in [2.75, 3.05) is 52.5 Å². The minimum absolute atomic E-state index is 0.0527. The van der Waals surface area contributed by atoms with Crippen LogP contribution >= 0.6 is 0 Å². The monoisotopic (exact) mass is 299 g/mol. The van der Waals surface area contributed by atoms with Gasteiger partial charge in [0, 0.05) is 32.7 Å². The van der Waals surface area contributed by atoms with Crippen LogP contribution in [0.5, 0.6) is 0 Å². The lowest BCUT2D eigenvalue weighted by Crippen LogP contribution is -2.54. The van der Waals surface area contributed by atoms with E-state index in [9.17, 15) is 9.59 Å². The first-order valence-corrected chi connectivity index (χ1v) is 7.69. The fraction of sp³-hybridized carbons (Fsp3) is 0.857. The molecule has 7 nitrogen and oxygen atoms in total. The Labute approximate surface area is 125 Å². The average molecular weight is 299 g/mol. The summed E-state index contributed by atoms with van der Waals surface area (Å²) in [4.78, 5) is 29.1. The number of ether oxygens (including phenoxy) is 1. The lowest BCUT2D eigenvalue weighted by molar-refractivity contribution is -0.138. The van der Waals surface area contributed by atoms with Gasteiger partial charge in [0.25, 0.3) is 0 Å². The lowest BCUT2D eigenvalue weighted by atomic mass is 10.2. The number of urea groups is 1. The van der Waals surface area contributed by atoms with Crippen molar-refractivity contribution in [1.29, 1.82) is 0 Å². The summed E-state index contributed by atoms with van der Waals surface area (Å²) in [5.74, 6) is -0.811. The molecule has 2 amide bonds. The third kappa shape index (κ3) is 4.31. The first kappa shape index (κ1) is 16.0. The van der Waals surface area contributed by atoms with Gasteiger partial charge in [-0.15, -0.1) is 0 Å². The van der Waals surface area contributed by atoms with Crippen LogP contribution in [0.2, 0.25) is 0 Å². The molecule has 7 heteroatoms. The summed E-state index contributed by atoms with van der Waals surface area (Å²) < 4.78 is 5.44. The van der Waals surface area contributed by atoms with E-state index in [2.05, 4.69) is 6.92 Å². The van der Waals surface area contributed by atoms with Gasteiger partial charge in [-0.3, -0.25) is 9.69 Å². The van der Waals surface area contributed by atoms with E-state index in [0.29, 0.717) is 39.4 Å². The lowest BCUT2D eigenvalue weighted by Gasteiger charge is -2.38. The highest BCUT2D eigenvalue weighted by Crippen LogP contribution is 2.14. The van der Waals surface area contributed by atoms with E-state index in [1.807, 2.05) is 14.7 Å². The Morgan fingerprint density at radius 2 is 2.00 bits per heavy atom. The minimum Gasteiger partial charge on any atom is -0.480 e. The molecule has 120 valence electrons. The van der Waals surface area contributed by atoms with Gasteiger partial charge in [0.2, 0.25) is 0 Å². The number of hydrogen-bond acceptors (Lipinski definition) is 4. The van der Waals surface area contributed by atoms with Crippen LogP contribution in [0.25, 0.3) is 0 Å². The summed E-state index contributed by atoms with van der Waals surface area (Å²) >= 11 is 0. The maximum atomic E-state index is 12.7. The fourth-order valence-electron chi connectivity index (χ4n) is 2.94. The van der Waals surface area contributed by atoms with Gasteiger partial charge in [0.15, 0.2) is 0 Å². The van der Waals surface area contributed by atoms with Crippen LogP contribution < -0.4 is 0 Å². The number of rotatable bonds is 3. The van der Waals surface area contributed by atoms with Crippen molar-refractivity contribution >= 4 is 12.0 Å². The summed E-state index contributed by atoms with van der Waals surface area (Å²) in [6, 6.07) is 0.229. The molecule has 0 bridgehead atoms. The standard InChI is InChI=1S/C14H25N3O4/c1-2-12-11-21-9-8-17(12)14(20)16-5-3-4-15(6-7-16)10-13(18)19/h12H,2-11H2,1H3,(H,18,19). The molecule has 2 heterocycles. The highest BCUT2D eigenvalue weighted by Gasteiger charge is 2.30. The maximum absolute atomic E-state index is 12.7. The van der Waals surface area contributed by atoms with Crippen LogP contribution in [0.3, 0.4) is 0 Å². The molecule has 0 aliphatic carbocycles. The van der Waals surface area contributed by atoms with Gasteiger partial charge in [-0.2, -0.15) is 0 Å². The third-order valence-corrected chi connectivity index (χ3v) is 4.16. The molecule has 0 aromatic carbocycles. The first-order valence-electron chi connectivity index (χ1n) is 7.69. The van der Waals surface area contributed by atoms with Crippen molar-refractivity contribution in [2.45, 2.75) is 25.8 Å². The predicted molar refractivity (Wildman–Crippen MR) is 77.3 cm³/mol. The molecule has 2 saturated heterocycles. The van der Waals surface area contributed by atoms with Crippen LogP contribution in [0.15, 0.2) is 0 Å². The molecule has 0 spiro atoms. The summed E-state index contributed by atoms with van der Waals surface area (Å²) in [6.45, 7) is 6.63. The molecule has 21 heavy (non-hydrogen) atoms.